The molecule has 0 N–H and O–H groups in total. The molecule has 0 aliphatic carbocycles. The molecule has 2 saturated heterocycles. The first-order valence-corrected chi connectivity index (χ1v) is 8.27. The van der Waals surface area contributed by atoms with E-state index in [1.54, 1.807) is 18.4 Å². The summed E-state index contributed by atoms with van der Waals surface area (Å²) >= 11 is 1.58. The number of hydrogen-bond acceptors (Lipinski definition) is 4. The fourth-order valence-electron chi connectivity index (χ4n) is 3.59. The van der Waals surface area contributed by atoms with E-state index in [9.17, 15) is 4.79 Å². The fraction of sp³-hybridized carbons (Fsp3) is 0.667. The van der Waals surface area contributed by atoms with E-state index in [-0.39, 0.29) is 5.91 Å². The molecule has 2 aliphatic rings. The van der Waals surface area contributed by atoms with E-state index in [2.05, 4.69) is 16.7 Å². The Hall–Kier alpha value is -0.910. The SMILES string of the molecule is CCN1C[C@H]2[C@H](OC)CCN(C(=O)c3ccsc3)[C@H]2C1. The number of rotatable bonds is 3. The molecule has 1 aromatic rings. The normalized spacial score (nSPS) is 30.5. The number of piperidine rings is 1. The van der Waals surface area contributed by atoms with Gasteiger partial charge in [0.05, 0.1) is 17.7 Å². The van der Waals surface area contributed by atoms with Crippen LogP contribution < -0.4 is 0 Å². The summed E-state index contributed by atoms with van der Waals surface area (Å²) in [5.41, 5.74) is 0.833. The van der Waals surface area contributed by atoms with Gasteiger partial charge in [-0.15, -0.1) is 0 Å². The fourth-order valence-corrected chi connectivity index (χ4v) is 4.22. The molecule has 5 heteroatoms. The minimum absolute atomic E-state index is 0.189. The standard InChI is InChI=1S/C15H22N2O2S/c1-3-16-8-12-13(9-16)17(6-4-14(12)19-2)15(18)11-5-7-20-10-11/h5,7,10,12-14H,3-4,6,8-9H2,1-2H3/t12-,13+,14-/m1/s1. The average molecular weight is 294 g/mol. The Bertz CT molecular complexity index is 462. The maximum atomic E-state index is 12.7. The summed E-state index contributed by atoms with van der Waals surface area (Å²) in [6.45, 7) is 6.07. The summed E-state index contributed by atoms with van der Waals surface area (Å²) in [5, 5.41) is 3.92. The first-order chi connectivity index (χ1) is 9.74. The van der Waals surface area contributed by atoms with Crippen LogP contribution in [0.3, 0.4) is 0 Å². The third kappa shape index (κ3) is 2.38. The molecule has 1 amide bonds. The zero-order valence-corrected chi connectivity index (χ0v) is 12.9. The molecule has 0 unspecified atom stereocenters. The zero-order chi connectivity index (χ0) is 14.1. The van der Waals surface area contributed by atoms with E-state index >= 15 is 0 Å². The van der Waals surface area contributed by atoms with Gasteiger partial charge < -0.3 is 14.5 Å². The van der Waals surface area contributed by atoms with Crippen molar-refractivity contribution in [2.75, 3.05) is 33.3 Å². The number of ether oxygens (including phenoxy) is 1. The van der Waals surface area contributed by atoms with Crippen LogP contribution in [0.4, 0.5) is 0 Å². The molecule has 0 aromatic carbocycles. The Labute approximate surface area is 124 Å². The van der Waals surface area contributed by atoms with Crippen molar-refractivity contribution in [3.63, 3.8) is 0 Å². The van der Waals surface area contributed by atoms with Crippen LogP contribution in [0.5, 0.6) is 0 Å². The second-order valence-corrected chi connectivity index (χ2v) is 6.44. The van der Waals surface area contributed by atoms with Crippen molar-refractivity contribution in [2.24, 2.45) is 5.92 Å². The molecule has 0 bridgehead atoms. The number of carbonyl (C=O) groups excluding carboxylic acids is 1. The van der Waals surface area contributed by atoms with E-state index < -0.39 is 0 Å². The maximum Gasteiger partial charge on any atom is 0.255 e. The highest BCUT2D eigenvalue weighted by molar-refractivity contribution is 7.08. The minimum Gasteiger partial charge on any atom is -0.381 e. The molecule has 0 saturated carbocycles. The van der Waals surface area contributed by atoms with Gasteiger partial charge in [0.1, 0.15) is 0 Å². The highest BCUT2D eigenvalue weighted by atomic mass is 32.1. The van der Waals surface area contributed by atoms with Crippen LogP contribution in [0.15, 0.2) is 16.8 Å². The predicted octanol–water partition coefficient (Wildman–Crippen LogP) is 1.93. The topological polar surface area (TPSA) is 32.8 Å². The molecule has 1 aromatic heterocycles. The summed E-state index contributed by atoms with van der Waals surface area (Å²) < 4.78 is 5.65. The van der Waals surface area contributed by atoms with Gasteiger partial charge in [0, 0.05) is 38.0 Å². The second-order valence-electron chi connectivity index (χ2n) is 5.66. The van der Waals surface area contributed by atoms with E-state index in [0.717, 1.165) is 38.2 Å². The van der Waals surface area contributed by atoms with Gasteiger partial charge in [-0.3, -0.25) is 4.79 Å². The molecule has 2 fully saturated rings. The van der Waals surface area contributed by atoms with Crippen molar-refractivity contribution in [1.29, 1.82) is 0 Å². The highest BCUT2D eigenvalue weighted by Crippen LogP contribution is 2.33. The Morgan fingerprint density at radius 2 is 2.35 bits per heavy atom. The monoisotopic (exact) mass is 294 g/mol. The van der Waals surface area contributed by atoms with Crippen LogP contribution in [0.1, 0.15) is 23.7 Å². The number of likely N-dealkylation sites (tertiary alicyclic amines) is 2. The number of carbonyl (C=O) groups is 1. The number of amides is 1. The summed E-state index contributed by atoms with van der Waals surface area (Å²) in [6, 6.07) is 2.23. The van der Waals surface area contributed by atoms with Crippen LogP contribution in [0, 0.1) is 5.92 Å². The van der Waals surface area contributed by atoms with E-state index in [0.29, 0.717) is 18.1 Å². The molecule has 4 nitrogen and oxygen atoms in total. The Morgan fingerprint density at radius 3 is 3.00 bits per heavy atom. The van der Waals surface area contributed by atoms with E-state index in [1.807, 2.05) is 16.8 Å². The molecule has 110 valence electrons. The quantitative estimate of drug-likeness (QED) is 0.854. The Morgan fingerprint density at radius 1 is 1.50 bits per heavy atom. The van der Waals surface area contributed by atoms with Gasteiger partial charge in [-0.05, 0) is 24.4 Å². The van der Waals surface area contributed by atoms with Crippen molar-refractivity contribution in [3.05, 3.63) is 22.4 Å². The smallest absolute Gasteiger partial charge is 0.255 e. The number of nitrogens with zero attached hydrogens (tertiary/aromatic N) is 2. The predicted molar refractivity (Wildman–Crippen MR) is 80.2 cm³/mol. The van der Waals surface area contributed by atoms with Gasteiger partial charge in [0.15, 0.2) is 0 Å². The minimum atomic E-state index is 0.189. The molecule has 0 spiro atoms. The largest absolute Gasteiger partial charge is 0.381 e. The Kier molecular flexibility index (Phi) is 4.10. The molecule has 3 atom stereocenters. The summed E-state index contributed by atoms with van der Waals surface area (Å²) in [5.74, 6) is 0.644. The molecule has 20 heavy (non-hydrogen) atoms. The van der Waals surface area contributed by atoms with Gasteiger partial charge >= 0.3 is 0 Å². The van der Waals surface area contributed by atoms with Crippen LogP contribution >= 0.6 is 11.3 Å². The van der Waals surface area contributed by atoms with E-state index in [1.165, 1.54) is 0 Å². The lowest BCUT2D eigenvalue weighted by Crippen LogP contribution is -2.53. The average Bonchev–Trinajstić information content (AvgIpc) is 3.14. The number of methoxy groups -OCH3 is 1. The number of hydrogen-bond donors (Lipinski definition) is 0. The summed E-state index contributed by atoms with van der Waals surface area (Å²) in [6.07, 6.45) is 1.24. The van der Waals surface area contributed by atoms with Crippen LogP contribution in [0.25, 0.3) is 0 Å². The lowest BCUT2D eigenvalue weighted by atomic mass is 9.88. The van der Waals surface area contributed by atoms with Crippen LogP contribution in [0.2, 0.25) is 0 Å². The third-order valence-electron chi connectivity index (χ3n) is 4.72. The van der Waals surface area contributed by atoms with Crippen LogP contribution in [-0.2, 0) is 4.74 Å². The Balaban J connectivity index is 1.81. The van der Waals surface area contributed by atoms with Gasteiger partial charge in [-0.25, -0.2) is 0 Å². The van der Waals surface area contributed by atoms with Gasteiger partial charge in [0.25, 0.3) is 5.91 Å². The number of likely N-dealkylation sites (N-methyl/N-ethyl adjacent to an activating group) is 1. The highest BCUT2D eigenvalue weighted by Gasteiger charge is 2.45. The van der Waals surface area contributed by atoms with Crippen molar-refractivity contribution in [2.45, 2.75) is 25.5 Å². The van der Waals surface area contributed by atoms with Crippen molar-refractivity contribution in [3.8, 4) is 0 Å². The number of fused-ring (bicyclic) bond motifs is 1. The van der Waals surface area contributed by atoms with Crippen LogP contribution in [-0.4, -0.2) is 61.1 Å². The first kappa shape index (κ1) is 14.0. The van der Waals surface area contributed by atoms with E-state index in [4.69, 9.17) is 4.74 Å². The summed E-state index contributed by atoms with van der Waals surface area (Å²) in [4.78, 5) is 17.2. The lowest BCUT2D eigenvalue weighted by molar-refractivity contribution is -0.0156. The van der Waals surface area contributed by atoms with Crippen molar-refractivity contribution >= 4 is 17.2 Å². The second kappa shape index (κ2) is 5.84. The lowest BCUT2D eigenvalue weighted by Gasteiger charge is -2.41. The third-order valence-corrected chi connectivity index (χ3v) is 5.40. The molecular weight excluding hydrogens is 272 g/mol. The van der Waals surface area contributed by atoms with Crippen molar-refractivity contribution in [1.82, 2.24) is 9.80 Å². The number of thiophene rings is 1. The molecular formula is C15H22N2O2S. The first-order valence-electron chi connectivity index (χ1n) is 7.33. The maximum absolute atomic E-state index is 12.7. The molecule has 3 heterocycles. The zero-order valence-electron chi connectivity index (χ0n) is 12.1. The molecule has 3 rings (SSSR count). The summed E-state index contributed by atoms with van der Waals surface area (Å²) in [7, 11) is 1.80. The van der Waals surface area contributed by atoms with Gasteiger partial charge in [0.2, 0.25) is 0 Å². The molecule has 0 radical (unpaired) electrons. The molecule has 2 aliphatic heterocycles. The van der Waals surface area contributed by atoms with Gasteiger partial charge in [-0.1, -0.05) is 6.92 Å². The van der Waals surface area contributed by atoms with Crippen molar-refractivity contribution < 1.29 is 9.53 Å². The van der Waals surface area contributed by atoms with Gasteiger partial charge in [-0.2, -0.15) is 11.3 Å².